The monoisotopic (exact) mass is 398 g/mol. The number of nitriles is 1. The second kappa shape index (κ2) is 8.66. The number of esters is 1. The first-order valence-electron chi connectivity index (χ1n) is 9.83. The lowest BCUT2D eigenvalue weighted by molar-refractivity contribution is -0.143. The average Bonchev–Trinajstić information content (AvgIpc) is 3.12. The Morgan fingerprint density at radius 3 is 2.62 bits per heavy atom. The number of methoxy groups -OCH3 is 1. The molecule has 0 unspecified atom stereocenters. The summed E-state index contributed by atoms with van der Waals surface area (Å²) in [6, 6.07) is 9.56. The Kier molecular flexibility index (Phi) is 6.23. The second-order valence-corrected chi connectivity index (χ2v) is 7.49. The molecule has 1 aliphatic rings. The van der Waals surface area contributed by atoms with Gasteiger partial charge in [0.1, 0.15) is 11.1 Å². The van der Waals surface area contributed by atoms with Crippen LogP contribution in [0.25, 0.3) is 11.0 Å². The average molecular weight is 398 g/mol. The molecule has 1 amide bonds. The van der Waals surface area contributed by atoms with Gasteiger partial charge in [-0.3, -0.25) is 4.79 Å². The van der Waals surface area contributed by atoms with Crippen LogP contribution in [0.4, 0.5) is 0 Å². The summed E-state index contributed by atoms with van der Waals surface area (Å²) in [5.41, 5.74) is 0.298. The van der Waals surface area contributed by atoms with Gasteiger partial charge in [0.15, 0.2) is 6.10 Å². The van der Waals surface area contributed by atoms with E-state index in [2.05, 4.69) is 6.07 Å². The van der Waals surface area contributed by atoms with Crippen molar-refractivity contribution < 1.29 is 23.5 Å². The third kappa shape index (κ3) is 3.99. The molecule has 1 aliphatic carbocycles. The molecule has 2 aromatic rings. The minimum Gasteiger partial charge on any atom is -0.449 e. The van der Waals surface area contributed by atoms with E-state index < -0.39 is 23.5 Å². The van der Waals surface area contributed by atoms with Crippen molar-refractivity contribution in [2.45, 2.75) is 57.3 Å². The number of nitrogens with zero attached hydrogens (tertiary/aromatic N) is 2. The maximum atomic E-state index is 12.9. The standard InChI is InChI=1S/C22H26N2O5/c1-15(20(25)24(2)22(14-23)11-7-4-8-12-22)28-21(26)19-17(13-27-3)16-9-5-6-10-18(16)29-19/h5-6,9-10,15H,4,7-8,11-13H2,1-3H3/t15-/m1/s1. The highest BCUT2D eigenvalue weighted by Gasteiger charge is 2.41. The zero-order valence-electron chi connectivity index (χ0n) is 17.1. The number of ether oxygens (including phenoxy) is 2. The third-order valence-electron chi connectivity index (χ3n) is 5.67. The number of hydrogen-bond donors (Lipinski definition) is 0. The van der Waals surface area contributed by atoms with Gasteiger partial charge in [0.25, 0.3) is 5.91 Å². The fraction of sp³-hybridized carbons (Fsp3) is 0.500. The highest BCUT2D eigenvalue weighted by Crippen LogP contribution is 2.33. The Hall–Kier alpha value is -2.85. The molecule has 0 spiro atoms. The Balaban J connectivity index is 1.78. The number of hydrogen-bond acceptors (Lipinski definition) is 6. The number of para-hydroxylation sites is 1. The number of benzene rings is 1. The van der Waals surface area contributed by atoms with E-state index in [4.69, 9.17) is 13.9 Å². The molecule has 0 N–H and O–H groups in total. The van der Waals surface area contributed by atoms with Crippen LogP contribution in [0.3, 0.4) is 0 Å². The summed E-state index contributed by atoms with van der Waals surface area (Å²) >= 11 is 0. The second-order valence-electron chi connectivity index (χ2n) is 7.49. The highest BCUT2D eigenvalue weighted by atomic mass is 16.6. The zero-order chi connectivity index (χ0) is 21.0. The first-order valence-corrected chi connectivity index (χ1v) is 9.83. The fourth-order valence-corrected chi connectivity index (χ4v) is 3.96. The molecule has 0 saturated heterocycles. The molecule has 7 heteroatoms. The lowest BCUT2D eigenvalue weighted by Crippen LogP contribution is -2.53. The molecule has 7 nitrogen and oxygen atoms in total. The van der Waals surface area contributed by atoms with Crippen molar-refractivity contribution >= 4 is 22.8 Å². The van der Waals surface area contributed by atoms with Gasteiger partial charge in [-0.25, -0.2) is 4.79 Å². The van der Waals surface area contributed by atoms with Gasteiger partial charge < -0.3 is 18.8 Å². The number of carbonyl (C=O) groups is 2. The molecule has 1 aromatic carbocycles. The normalized spacial score (nSPS) is 16.8. The van der Waals surface area contributed by atoms with Gasteiger partial charge in [0.2, 0.25) is 5.76 Å². The van der Waals surface area contributed by atoms with E-state index in [1.54, 1.807) is 13.1 Å². The van der Waals surface area contributed by atoms with E-state index in [0.29, 0.717) is 24.0 Å². The van der Waals surface area contributed by atoms with Crippen molar-refractivity contribution in [2.75, 3.05) is 14.2 Å². The lowest BCUT2D eigenvalue weighted by atomic mass is 9.81. The largest absolute Gasteiger partial charge is 0.449 e. The predicted octanol–water partition coefficient (Wildman–Crippen LogP) is 3.81. The summed E-state index contributed by atoms with van der Waals surface area (Å²) in [5.74, 6) is -1.09. The summed E-state index contributed by atoms with van der Waals surface area (Å²) in [6.45, 7) is 1.70. The van der Waals surface area contributed by atoms with Crippen molar-refractivity contribution in [3.05, 3.63) is 35.6 Å². The molecule has 0 bridgehead atoms. The molecular weight excluding hydrogens is 372 g/mol. The van der Waals surface area contributed by atoms with Gasteiger partial charge in [-0.15, -0.1) is 0 Å². The van der Waals surface area contributed by atoms with E-state index in [9.17, 15) is 14.9 Å². The molecule has 1 saturated carbocycles. The van der Waals surface area contributed by atoms with Crippen LogP contribution in [-0.2, 0) is 20.9 Å². The van der Waals surface area contributed by atoms with Crippen molar-refractivity contribution in [3.63, 3.8) is 0 Å². The van der Waals surface area contributed by atoms with Crippen LogP contribution < -0.4 is 0 Å². The van der Waals surface area contributed by atoms with Crippen LogP contribution in [-0.4, -0.2) is 42.6 Å². The van der Waals surface area contributed by atoms with E-state index in [-0.39, 0.29) is 12.4 Å². The predicted molar refractivity (Wildman–Crippen MR) is 106 cm³/mol. The molecule has 1 atom stereocenters. The van der Waals surface area contributed by atoms with E-state index in [1.807, 2.05) is 18.2 Å². The summed E-state index contributed by atoms with van der Waals surface area (Å²) in [4.78, 5) is 27.1. The van der Waals surface area contributed by atoms with Gasteiger partial charge in [0, 0.05) is 25.1 Å². The molecular formula is C22H26N2O5. The Morgan fingerprint density at radius 2 is 1.97 bits per heavy atom. The SMILES string of the molecule is COCc1c(C(=O)O[C@H](C)C(=O)N(C)C2(C#N)CCCCC2)oc2ccccc12. The number of furan rings is 1. The topological polar surface area (TPSA) is 92.8 Å². The van der Waals surface area contributed by atoms with Gasteiger partial charge in [-0.1, -0.05) is 37.5 Å². The van der Waals surface area contributed by atoms with Gasteiger partial charge in [0.05, 0.1) is 12.7 Å². The highest BCUT2D eigenvalue weighted by molar-refractivity contribution is 5.97. The van der Waals surface area contributed by atoms with Crippen molar-refractivity contribution in [3.8, 4) is 6.07 Å². The molecule has 1 fully saturated rings. The minimum absolute atomic E-state index is 0.0306. The maximum absolute atomic E-state index is 12.9. The number of carbonyl (C=O) groups excluding carboxylic acids is 2. The number of rotatable bonds is 6. The van der Waals surface area contributed by atoms with Crippen LogP contribution >= 0.6 is 0 Å². The quantitative estimate of drug-likeness (QED) is 0.687. The molecule has 3 rings (SSSR count). The first kappa shape index (κ1) is 20.9. The fourth-order valence-electron chi connectivity index (χ4n) is 3.96. The van der Waals surface area contributed by atoms with E-state index >= 15 is 0 Å². The number of amides is 1. The zero-order valence-corrected chi connectivity index (χ0v) is 17.1. The lowest BCUT2D eigenvalue weighted by Gasteiger charge is -2.39. The Labute approximate surface area is 170 Å². The minimum atomic E-state index is -1.04. The first-order chi connectivity index (χ1) is 13.9. The van der Waals surface area contributed by atoms with E-state index in [1.165, 1.54) is 18.9 Å². The van der Waals surface area contributed by atoms with Gasteiger partial charge in [-0.2, -0.15) is 5.26 Å². The molecule has 154 valence electrons. The summed E-state index contributed by atoms with van der Waals surface area (Å²) in [6.07, 6.45) is 3.09. The Bertz CT molecular complexity index is 936. The summed E-state index contributed by atoms with van der Waals surface area (Å²) < 4.78 is 16.3. The number of likely N-dealkylation sites (N-methyl/N-ethyl adjacent to an activating group) is 1. The van der Waals surface area contributed by atoms with Crippen molar-refractivity contribution in [2.24, 2.45) is 0 Å². The van der Waals surface area contributed by atoms with Crippen LogP contribution in [0.1, 0.15) is 55.1 Å². The van der Waals surface area contributed by atoms with Crippen molar-refractivity contribution in [1.29, 1.82) is 5.26 Å². The maximum Gasteiger partial charge on any atom is 0.375 e. The third-order valence-corrected chi connectivity index (χ3v) is 5.67. The van der Waals surface area contributed by atoms with Crippen molar-refractivity contribution in [1.82, 2.24) is 4.90 Å². The molecule has 29 heavy (non-hydrogen) atoms. The summed E-state index contributed by atoms with van der Waals surface area (Å²) in [5, 5.41) is 10.5. The molecule has 0 aliphatic heterocycles. The smallest absolute Gasteiger partial charge is 0.375 e. The van der Waals surface area contributed by atoms with Crippen LogP contribution in [0.5, 0.6) is 0 Å². The number of fused-ring (bicyclic) bond motifs is 1. The molecule has 0 radical (unpaired) electrons. The van der Waals surface area contributed by atoms with Gasteiger partial charge in [-0.05, 0) is 25.8 Å². The van der Waals surface area contributed by atoms with Crippen LogP contribution in [0.2, 0.25) is 0 Å². The van der Waals surface area contributed by atoms with Crippen LogP contribution in [0.15, 0.2) is 28.7 Å². The van der Waals surface area contributed by atoms with Gasteiger partial charge >= 0.3 is 5.97 Å². The summed E-state index contributed by atoms with van der Waals surface area (Å²) in [7, 11) is 3.14. The molecule has 1 aromatic heterocycles. The van der Waals surface area contributed by atoms with E-state index in [0.717, 1.165) is 24.6 Å². The Morgan fingerprint density at radius 1 is 1.28 bits per heavy atom. The molecule has 1 heterocycles. The van der Waals surface area contributed by atoms with Crippen LogP contribution in [0, 0.1) is 11.3 Å².